The lowest BCUT2D eigenvalue weighted by molar-refractivity contribution is -0.119. The van der Waals surface area contributed by atoms with Gasteiger partial charge in [0, 0.05) is 12.7 Å². The zero-order chi connectivity index (χ0) is 16.3. The predicted octanol–water partition coefficient (Wildman–Crippen LogP) is 2.54. The number of carbonyl (C=O) groups is 1. The van der Waals surface area contributed by atoms with Gasteiger partial charge in [0.05, 0.1) is 6.04 Å². The van der Waals surface area contributed by atoms with Crippen molar-refractivity contribution >= 4 is 11.6 Å². The summed E-state index contributed by atoms with van der Waals surface area (Å²) in [5, 5.41) is 9.59. The van der Waals surface area contributed by atoms with Crippen LogP contribution in [0, 0.1) is 13.8 Å². The van der Waals surface area contributed by atoms with E-state index in [1.54, 1.807) is 24.1 Å². The van der Waals surface area contributed by atoms with E-state index in [1.807, 2.05) is 44.2 Å². The molecule has 0 bridgehead atoms. The van der Waals surface area contributed by atoms with E-state index in [1.165, 1.54) is 0 Å². The molecule has 0 fully saturated rings. The van der Waals surface area contributed by atoms with Crippen LogP contribution >= 0.6 is 0 Å². The molecule has 116 valence electrons. The van der Waals surface area contributed by atoms with E-state index in [2.05, 4.69) is 0 Å². The summed E-state index contributed by atoms with van der Waals surface area (Å²) < 4.78 is 0. The van der Waals surface area contributed by atoms with Crippen molar-refractivity contribution in [2.24, 2.45) is 5.73 Å². The number of nitrogens with zero attached hydrogens (tertiary/aromatic N) is 1. The lowest BCUT2D eigenvalue weighted by Crippen LogP contribution is -2.43. The Kier molecular flexibility index (Phi) is 4.83. The van der Waals surface area contributed by atoms with E-state index < -0.39 is 6.04 Å². The maximum atomic E-state index is 12.5. The van der Waals surface area contributed by atoms with Gasteiger partial charge in [-0.2, -0.15) is 0 Å². The third-order valence-electron chi connectivity index (χ3n) is 3.90. The first-order chi connectivity index (χ1) is 10.4. The maximum Gasteiger partial charge on any atom is 0.243 e. The van der Waals surface area contributed by atoms with E-state index in [9.17, 15) is 9.90 Å². The summed E-state index contributed by atoms with van der Waals surface area (Å²) in [6.45, 7) is 3.83. The fraction of sp³-hybridized carbons (Fsp3) is 0.278. The zero-order valence-corrected chi connectivity index (χ0v) is 13.2. The second-order valence-corrected chi connectivity index (χ2v) is 5.60. The molecule has 0 aromatic heterocycles. The van der Waals surface area contributed by atoms with E-state index >= 15 is 0 Å². The molecule has 2 aromatic carbocycles. The summed E-state index contributed by atoms with van der Waals surface area (Å²) in [6.07, 6.45) is 0.452. The third kappa shape index (κ3) is 3.46. The number of hydrogen-bond donors (Lipinski definition) is 2. The van der Waals surface area contributed by atoms with E-state index in [-0.39, 0.29) is 11.7 Å². The Balaban J connectivity index is 2.15. The average molecular weight is 298 g/mol. The number of hydrogen-bond acceptors (Lipinski definition) is 3. The van der Waals surface area contributed by atoms with Crippen molar-refractivity contribution in [2.75, 3.05) is 11.9 Å². The second kappa shape index (κ2) is 6.62. The number of benzene rings is 2. The molecule has 22 heavy (non-hydrogen) atoms. The first kappa shape index (κ1) is 16.0. The first-order valence-corrected chi connectivity index (χ1v) is 7.27. The molecule has 3 N–H and O–H groups in total. The standard InChI is InChI=1S/C18H22N2O2/c1-12-9-15(21)10-13(2)16(12)11-17(19)18(22)20(3)14-7-5-4-6-8-14/h4-10,17,21H,11,19H2,1-3H3. The van der Waals surface area contributed by atoms with Gasteiger partial charge < -0.3 is 15.7 Å². The maximum absolute atomic E-state index is 12.5. The van der Waals surface area contributed by atoms with Gasteiger partial charge in [0.2, 0.25) is 5.91 Å². The SMILES string of the molecule is Cc1cc(O)cc(C)c1CC(N)C(=O)N(C)c1ccccc1. The molecule has 2 rings (SSSR count). The predicted molar refractivity (Wildman–Crippen MR) is 89.1 cm³/mol. The molecule has 1 amide bonds. The number of nitrogens with two attached hydrogens (primary N) is 1. The number of aryl methyl sites for hydroxylation is 2. The van der Waals surface area contributed by atoms with Gasteiger partial charge >= 0.3 is 0 Å². The Morgan fingerprint density at radius 3 is 2.27 bits per heavy atom. The highest BCUT2D eigenvalue weighted by molar-refractivity contribution is 5.96. The van der Waals surface area contributed by atoms with Gasteiger partial charge in [-0.1, -0.05) is 18.2 Å². The number of para-hydroxylation sites is 1. The van der Waals surface area contributed by atoms with E-state index in [0.29, 0.717) is 6.42 Å². The second-order valence-electron chi connectivity index (χ2n) is 5.60. The molecule has 0 saturated carbocycles. The van der Waals surface area contributed by atoms with Crippen molar-refractivity contribution in [2.45, 2.75) is 26.3 Å². The normalized spacial score (nSPS) is 12.0. The molecular formula is C18H22N2O2. The summed E-state index contributed by atoms with van der Waals surface area (Å²) in [6, 6.07) is 12.2. The number of phenols is 1. The Hall–Kier alpha value is -2.33. The highest BCUT2D eigenvalue weighted by Crippen LogP contribution is 2.22. The summed E-state index contributed by atoms with van der Waals surface area (Å²) in [5.74, 6) is 0.109. The van der Waals surface area contributed by atoms with Crippen LogP contribution in [0.15, 0.2) is 42.5 Å². The molecule has 4 heteroatoms. The van der Waals surface area contributed by atoms with Gasteiger partial charge in [-0.15, -0.1) is 0 Å². The largest absolute Gasteiger partial charge is 0.508 e. The van der Waals surface area contributed by atoms with Crippen LogP contribution in [0.1, 0.15) is 16.7 Å². The molecule has 1 atom stereocenters. The van der Waals surface area contributed by atoms with Crippen molar-refractivity contribution in [1.82, 2.24) is 0 Å². The quantitative estimate of drug-likeness (QED) is 0.911. The van der Waals surface area contributed by atoms with E-state index in [0.717, 1.165) is 22.4 Å². The lowest BCUT2D eigenvalue weighted by atomic mass is 9.95. The number of carbonyl (C=O) groups excluding carboxylic acids is 1. The zero-order valence-electron chi connectivity index (χ0n) is 13.2. The number of phenolic OH excluding ortho intramolecular Hbond substituents is 1. The topological polar surface area (TPSA) is 66.6 Å². The van der Waals surface area contributed by atoms with Crippen LogP contribution < -0.4 is 10.6 Å². The van der Waals surface area contributed by atoms with Crippen molar-refractivity contribution in [3.05, 3.63) is 59.2 Å². The van der Waals surface area contributed by atoms with Crippen LogP contribution in [0.25, 0.3) is 0 Å². The summed E-state index contributed by atoms with van der Waals surface area (Å²) in [7, 11) is 1.73. The van der Waals surface area contributed by atoms with Gasteiger partial charge in [0.25, 0.3) is 0 Å². The summed E-state index contributed by atoms with van der Waals surface area (Å²) in [4.78, 5) is 14.1. The van der Waals surface area contributed by atoms with Gasteiger partial charge in [-0.3, -0.25) is 4.79 Å². The Labute approximate surface area is 131 Å². The minimum atomic E-state index is -0.618. The smallest absolute Gasteiger partial charge is 0.243 e. The van der Waals surface area contributed by atoms with Crippen LogP contribution in [-0.2, 0) is 11.2 Å². The minimum absolute atomic E-state index is 0.127. The molecule has 1 unspecified atom stereocenters. The lowest BCUT2D eigenvalue weighted by Gasteiger charge is -2.22. The van der Waals surface area contributed by atoms with Crippen LogP contribution in [-0.4, -0.2) is 24.1 Å². The Bertz CT molecular complexity index is 645. The van der Waals surface area contributed by atoms with Gasteiger partial charge in [0.15, 0.2) is 0 Å². The number of likely N-dealkylation sites (N-methyl/N-ethyl adjacent to an activating group) is 1. The van der Waals surface area contributed by atoms with E-state index in [4.69, 9.17) is 5.73 Å². The Morgan fingerprint density at radius 1 is 1.18 bits per heavy atom. The highest BCUT2D eigenvalue weighted by atomic mass is 16.3. The van der Waals surface area contributed by atoms with Crippen LogP contribution in [0.3, 0.4) is 0 Å². The molecule has 0 aliphatic rings. The molecule has 0 radical (unpaired) electrons. The number of anilines is 1. The minimum Gasteiger partial charge on any atom is -0.508 e. The first-order valence-electron chi connectivity index (χ1n) is 7.27. The summed E-state index contributed by atoms with van der Waals surface area (Å²) >= 11 is 0. The average Bonchev–Trinajstić information content (AvgIpc) is 2.50. The van der Waals surface area contributed by atoms with Crippen LogP contribution in [0.4, 0.5) is 5.69 Å². The fourth-order valence-electron chi connectivity index (χ4n) is 2.63. The molecule has 0 aliphatic carbocycles. The number of amides is 1. The molecular weight excluding hydrogens is 276 g/mol. The molecule has 0 heterocycles. The van der Waals surface area contributed by atoms with Crippen molar-refractivity contribution in [3.8, 4) is 5.75 Å². The van der Waals surface area contributed by atoms with Crippen molar-refractivity contribution < 1.29 is 9.90 Å². The third-order valence-corrected chi connectivity index (χ3v) is 3.90. The summed E-state index contributed by atoms with van der Waals surface area (Å²) in [5.41, 5.74) is 9.84. The highest BCUT2D eigenvalue weighted by Gasteiger charge is 2.21. The molecule has 2 aromatic rings. The van der Waals surface area contributed by atoms with Crippen LogP contribution in [0.2, 0.25) is 0 Å². The Morgan fingerprint density at radius 2 is 1.73 bits per heavy atom. The molecule has 0 aliphatic heterocycles. The van der Waals surface area contributed by atoms with Crippen molar-refractivity contribution in [1.29, 1.82) is 0 Å². The number of aromatic hydroxyl groups is 1. The van der Waals surface area contributed by atoms with Gasteiger partial charge in [-0.25, -0.2) is 0 Å². The number of rotatable bonds is 4. The molecule has 4 nitrogen and oxygen atoms in total. The van der Waals surface area contributed by atoms with Crippen molar-refractivity contribution in [3.63, 3.8) is 0 Å². The van der Waals surface area contributed by atoms with Crippen LogP contribution in [0.5, 0.6) is 5.75 Å². The monoisotopic (exact) mass is 298 g/mol. The molecule has 0 spiro atoms. The van der Waals surface area contributed by atoms with Gasteiger partial charge in [0.1, 0.15) is 5.75 Å². The fourth-order valence-corrected chi connectivity index (χ4v) is 2.63. The molecule has 0 saturated heterocycles. The van der Waals surface area contributed by atoms with Gasteiger partial charge in [-0.05, 0) is 61.2 Å².